The molecule has 2 fully saturated rings. The molecule has 0 bridgehead atoms. The van der Waals surface area contributed by atoms with Crippen LogP contribution in [0.3, 0.4) is 0 Å². The molecule has 6 nitrogen and oxygen atoms in total. The Morgan fingerprint density at radius 1 is 1.16 bits per heavy atom. The summed E-state index contributed by atoms with van der Waals surface area (Å²) in [5.74, 6) is 0. The number of halogens is 1. The molecule has 174 valence electrons. The molecule has 2 aliphatic rings. The number of aliphatic hydroxyl groups is 1. The van der Waals surface area contributed by atoms with Crippen molar-refractivity contribution >= 4 is 17.7 Å². The Kier molecular flexibility index (Phi) is 7.57. The number of benzene rings is 1. The number of hydrogen-bond donors (Lipinski definition) is 1. The lowest BCUT2D eigenvalue weighted by Crippen LogP contribution is -2.61. The van der Waals surface area contributed by atoms with E-state index in [1.54, 1.807) is 13.8 Å². The first-order valence-electron chi connectivity index (χ1n) is 11.2. The number of piperidine rings is 1. The van der Waals surface area contributed by atoms with Crippen molar-refractivity contribution in [3.63, 3.8) is 0 Å². The first-order chi connectivity index (χ1) is 14.4. The van der Waals surface area contributed by atoms with Crippen molar-refractivity contribution in [1.29, 1.82) is 0 Å². The highest BCUT2D eigenvalue weighted by Gasteiger charge is 2.40. The summed E-state index contributed by atoms with van der Waals surface area (Å²) in [5, 5.41) is 11.3. The fourth-order valence-electron chi connectivity index (χ4n) is 4.37. The van der Waals surface area contributed by atoms with Crippen molar-refractivity contribution in [2.75, 3.05) is 26.2 Å². The highest BCUT2D eigenvalue weighted by molar-refractivity contribution is 6.30. The normalized spacial score (nSPS) is 24.3. The van der Waals surface area contributed by atoms with Gasteiger partial charge in [-0.1, -0.05) is 23.7 Å². The predicted octanol–water partition coefficient (Wildman–Crippen LogP) is 4.12. The van der Waals surface area contributed by atoms with Crippen molar-refractivity contribution in [3.8, 4) is 0 Å². The van der Waals surface area contributed by atoms with E-state index in [9.17, 15) is 9.90 Å². The average molecular weight is 453 g/mol. The molecule has 2 aliphatic heterocycles. The molecule has 0 radical (unpaired) electrons. The number of carbonyl (C=O) groups is 1. The van der Waals surface area contributed by atoms with Crippen LogP contribution in [-0.4, -0.2) is 76.6 Å². The molecule has 1 N–H and O–H groups in total. The standard InChI is InChI=1S/C24H37ClN2O4/c1-23(2,3)31-22(28)26-12-10-19(11-13-26)27-15-21(24(4,5)29)30-16-20(27)14-17-6-8-18(25)9-7-17/h6-9,19-21,29H,10-16H2,1-5H3/t20-,21?/m0/s1. The number of rotatable bonds is 4. The Labute approximate surface area is 191 Å². The van der Waals surface area contributed by atoms with E-state index in [0.29, 0.717) is 32.3 Å². The number of nitrogens with zero attached hydrogens (tertiary/aromatic N) is 2. The molecule has 1 aromatic carbocycles. The predicted molar refractivity (Wildman–Crippen MR) is 123 cm³/mol. The van der Waals surface area contributed by atoms with Gasteiger partial charge in [0.25, 0.3) is 0 Å². The number of ether oxygens (including phenoxy) is 2. The summed E-state index contributed by atoms with van der Waals surface area (Å²) in [7, 11) is 0. The third-order valence-corrected chi connectivity index (χ3v) is 6.35. The van der Waals surface area contributed by atoms with Crippen LogP contribution in [0.4, 0.5) is 4.79 Å². The summed E-state index contributed by atoms with van der Waals surface area (Å²) >= 11 is 6.05. The van der Waals surface area contributed by atoms with Gasteiger partial charge in [-0.3, -0.25) is 4.90 Å². The Bertz CT molecular complexity index is 733. The van der Waals surface area contributed by atoms with E-state index in [2.05, 4.69) is 17.0 Å². The van der Waals surface area contributed by atoms with Crippen molar-refractivity contribution < 1.29 is 19.4 Å². The second kappa shape index (κ2) is 9.65. The van der Waals surface area contributed by atoms with Gasteiger partial charge in [0.2, 0.25) is 0 Å². The minimum Gasteiger partial charge on any atom is -0.444 e. The van der Waals surface area contributed by atoms with Crippen LogP contribution in [0.2, 0.25) is 5.02 Å². The lowest BCUT2D eigenvalue weighted by atomic mass is 9.92. The van der Waals surface area contributed by atoms with Gasteiger partial charge in [0, 0.05) is 36.7 Å². The average Bonchev–Trinajstić information content (AvgIpc) is 2.68. The molecule has 2 atom stereocenters. The minimum absolute atomic E-state index is 0.220. The van der Waals surface area contributed by atoms with E-state index >= 15 is 0 Å². The fraction of sp³-hybridized carbons (Fsp3) is 0.708. The molecule has 7 heteroatoms. The fourth-order valence-corrected chi connectivity index (χ4v) is 4.49. The molecule has 3 rings (SSSR count). The number of morpholine rings is 1. The Morgan fingerprint density at radius 2 is 1.77 bits per heavy atom. The molecule has 31 heavy (non-hydrogen) atoms. The Balaban J connectivity index is 1.68. The summed E-state index contributed by atoms with van der Waals surface area (Å²) < 4.78 is 11.6. The van der Waals surface area contributed by atoms with Gasteiger partial charge in [-0.05, 0) is 71.6 Å². The summed E-state index contributed by atoms with van der Waals surface area (Å²) in [6.07, 6.45) is 2.16. The number of carbonyl (C=O) groups excluding carboxylic acids is 1. The maximum atomic E-state index is 12.4. The van der Waals surface area contributed by atoms with E-state index in [-0.39, 0.29) is 18.2 Å². The summed E-state index contributed by atoms with van der Waals surface area (Å²) in [4.78, 5) is 16.7. The molecule has 0 aliphatic carbocycles. The van der Waals surface area contributed by atoms with Crippen LogP contribution in [-0.2, 0) is 15.9 Å². The van der Waals surface area contributed by atoms with Gasteiger partial charge in [0.1, 0.15) is 5.60 Å². The van der Waals surface area contributed by atoms with E-state index in [0.717, 1.165) is 24.3 Å². The van der Waals surface area contributed by atoms with Crippen LogP contribution >= 0.6 is 11.6 Å². The van der Waals surface area contributed by atoms with Crippen molar-refractivity contribution in [2.24, 2.45) is 0 Å². The van der Waals surface area contributed by atoms with E-state index < -0.39 is 11.2 Å². The molecule has 1 amide bonds. The van der Waals surface area contributed by atoms with Crippen LogP contribution in [0.15, 0.2) is 24.3 Å². The molecule has 0 spiro atoms. The first-order valence-corrected chi connectivity index (χ1v) is 11.6. The summed E-state index contributed by atoms with van der Waals surface area (Å²) in [5.41, 5.74) is -0.168. The van der Waals surface area contributed by atoms with Gasteiger partial charge in [-0.15, -0.1) is 0 Å². The maximum absolute atomic E-state index is 12.4. The molecule has 1 unspecified atom stereocenters. The van der Waals surface area contributed by atoms with Crippen molar-refractivity contribution in [3.05, 3.63) is 34.9 Å². The Morgan fingerprint density at radius 3 is 2.32 bits per heavy atom. The molecule has 0 aromatic heterocycles. The highest BCUT2D eigenvalue weighted by Crippen LogP contribution is 2.29. The van der Waals surface area contributed by atoms with Crippen LogP contribution in [0, 0.1) is 0 Å². The van der Waals surface area contributed by atoms with Crippen molar-refractivity contribution in [1.82, 2.24) is 9.80 Å². The molecule has 2 saturated heterocycles. The third kappa shape index (κ3) is 6.82. The van der Waals surface area contributed by atoms with Gasteiger partial charge in [0.05, 0.1) is 18.3 Å². The first kappa shape index (κ1) is 24.3. The third-order valence-electron chi connectivity index (χ3n) is 6.09. The van der Waals surface area contributed by atoms with E-state index in [4.69, 9.17) is 21.1 Å². The number of hydrogen-bond acceptors (Lipinski definition) is 5. The molecular weight excluding hydrogens is 416 g/mol. The monoisotopic (exact) mass is 452 g/mol. The second-order valence-corrected chi connectivity index (χ2v) is 10.8. The van der Waals surface area contributed by atoms with Crippen molar-refractivity contribution in [2.45, 2.75) is 83.3 Å². The topological polar surface area (TPSA) is 62.2 Å². The zero-order valence-electron chi connectivity index (χ0n) is 19.4. The van der Waals surface area contributed by atoms with E-state index in [1.165, 1.54) is 5.56 Å². The minimum atomic E-state index is -0.902. The largest absolute Gasteiger partial charge is 0.444 e. The van der Waals surface area contributed by atoms with Gasteiger partial charge in [-0.2, -0.15) is 0 Å². The lowest BCUT2D eigenvalue weighted by molar-refractivity contribution is -0.155. The van der Waals surface area contributed by atoms with Gasteiger partial charge < -0.3 is 19.5 Å². The van der Waals surface area contributed by atoms with Crippen LogP contribution in [0.1, 0.15) is 53.0 Å². The summed E-state index contributed by atoms with van der Waals surface area (Å²) in [6.45, 7) is 11.9. The maximum Gasteiger partial charge on any atom is 0.410 e. The highest BCUT2D eigenvalue weighted by atomic mass is 35.5. The lowest BCUT2D eigenvalue weighted by Gasteiger charge is -2.48. The summed E-state index contributed by atoms with van der Waals surface area (Å²) in [6, 6.07) is 8.53. The van der Waals surface area contributed by atoms with Crippen LogP contribution < -0.4 is 0 Å². The SMILES string of the molecule is CC(C)(C)OC(=O)N1CCC(N2CC(C(C)(C)O)OC[C@@H]2Cc2ccc(Cl)cc2)CC1. The zero-order chi connectivity index (χ0) is 22.8. The second-order valence-electron chi connectivity index (χ2n) is 10.4. The molecular formula is C24H37ClN2O4. The quantitative estimate of drug-likeness (QED) is 0.744. The zero-order valence-corrected chi connectivity index (χ0v) is 20.2. The molecule has 1 aromatic rings. The Hall–Kier alpha value is -1.34. The van der Waals surface area contributed by atoms with Crippen LogP contribution in [0.25, 0.3) is 0 Å². The van der Waals surface area contributed by atoms with Gasteiger partial charge >= 0.3 is 6.09 Å². The smallest absolute Gasteiger partial charge is 0.410 e. The number of amides is 1. The van der Waals surface area contributed by atoms with Gasteiger partial charge in [-0.25, -0.2) is 4.79 Å². The van der Waals surface area contributed by atoms with Crippen LogP contribution in [0.5, 0.6) is 0 Å². The van der Waals surface area contributed by atoms with Gasteiger partial charge in [0.15, 0.2) is 0 Å². The van der Waals surface area contributed by atoms with E-state index in [1.807, 2.05) is 37.8 Å². The number of likely N-dealkylation sites (tertiary alicyclic amines) is 1. The molecule has 0 saturated carbocycles. The molecule has 2 heterocycles.